The molecule has 3 rings (SSSR count). The highest BCUT2D eigenvalue weighted by molar-refractivity contribution is 5.99. The maximum atomic E-state index is 12.0. The molecular weight excluding hydrogens is 320 g/mol. The van der Waals surface area contributed by atoms with E-state index in [9.17, 15) is 9.59 Å². The number of hydrogen-bond donors (Lipinski definition) is 2. The number of nitrogens with one attached hydrogen (secondary N) is 2. The summed E-state index contributed by atoms with van der Waals surface area (Å²) < 4.78 is 11.0. The van der Waals surface area contributed by atoms with Crippen LogP contribution >= 0.6 is 0 Å². The highest BCUT2D eigenvalue weighted by Gasteiger charge is 2.23. The van der Waals surface area contributed by atoms with E-state index in [2.05, 4.69) is 17.6 Å². The van der Waals surface area contributed by atoms with Gasteiger partial charge in [0.05, 0.1) is 5.69 Å². The fourth-order valence-corrected chi connectivity index (χ4v) is 2.45. The summed E-state index contributed by atoms with van der Waals surface area (Å²) >= 11 is 0. The molecule has 1 aliphatic heterocycles. The first-order valence-electron chi connectivity index (χ1n) is 8.18. The molecule has 2 aromatic carbocycles. The number of rotatable bonds is 5. The zero-order valence-electron chi connectivity index (χ0n) is 14.2. The van der Waals surface area contributed by atoms with Crippen LogP contribution in [0.4, 0.5) is 11.4 Å². The van der Waals surface area contributed by atoms with Crippen LogP contribution in [0.1, 0.15) is 19.4 Å². The Morgan fingerprint density at radius 2 is 2.00 bits per heavy atom. The van der Waals surface area contributed by atoms with Gasteiger partial charge in [0.15, 0.2) is 12.7 Å². The van der Waals surface area contributed by atoms with Gasteiger partial charge >= 0.3 is 0 Å². The minimum Gasteiger partial charge on any atom is -0.484 e. The lowest BCUT2D eigenvalue weighted by molar-refractivity contribution is -0.122. The van der Waals surface area contributed by atoms with Gasteiger partial charge in [0.2, 0.25) is 0 Å². The van der Waals surface area contributed by atoms with Crippen molar-refractivity contribution in [3.63, 3.8) is 0 Å². The summed E-state index contributed by atoms with van der Waals surface area (Å²) in [5.74, 6) is 0.732. The van der Waals surface area contributed by atoms with Crippen LogP contribution in [0.2, 0.25) is 0 Å². The smallest absolute Gasteiger partial charge is 0.265 e. The molecule has 130 valence electrons. The molecule has 0 aromatic heterocycles. The first-order chi connectivity index (χ1) is 12.0. The monoisotopic (exact) mass is 340 g/mol. The molecule has 6 nitrogen and oxygen atoms in total. The number of carbonyl (C=O) groups excluding carboxylic acids is 2. The molecule has 2 aromatic rings. The Hall–Kier alpha value is -3.02. The molecule has 1 atom stereocenters. The maximum absolute atomic E-state index is 12.0. The Bertz CT molecular complexity index is 787. The largest absolute Gasteiger partial charge is 0.484 e. The van der Waals surface area contributed by atoms with E-state index in [4.69, 9.17) is 9.47 Å². The normalized spacial score (nSPS) is 15.6. The molecule has 0 saturated carbocycles. The molecule has 1 aliphatic rings. The second-order valence-corrected chi connectivity index (χ2v) is 5.79. The van der Waals surface area contributed by atoms with Gasteiger partial charge in [0.25, 0.3) is 11.8 Å². The van der Waals surface area contributed by atoms with E-state index in [1.165, 1.54) is 5.56 Å². The lowest BCUT2D eigenvalue weighted by Gasteiger charge is -2.23. The summed E-state index contributed by atoms with van der Waals surface area (Å²) in [6, 6.07) is 12.7. The molecule has 0 radical (unpaired) electrons. The zero-order chi connectivity index (χ0) is 17.8. The number of ether oxygens (including phenoxy) is 2. The number of anilines is 2. The summed E-state index contributed by atoms with van der Waals surface area (Å²) in [6.07, 6.45) is 0.429. The van der Waals surface area contributed by atoms with Crippen molar-refractivity contribution in [1.82, 2.24) is 0 Å². The van der Waals surface area contributed by atoms with Crippen LogP contribution in [0.15, 0.2) is 42.5 Å². The highest BCUT2D eigenvalue weighted by atomic mass is 16.5. The van der Waals surface area contributed by atoms with Gasteiger partial charge in [-0.3, -0.25) is 9.59 Å². The summed E-state index contributed by atoms with van der Waals surface area (Å²) in [4.78, 5) is 23.7. The molecule has 2 N–H and O–H groups in total. The van der Waals surface area contributed by atoms with Crippen molar-refractivity contribution in [1.29, 1.82) is 0 Å². The first-order valence-corrected chi connectivity index (χ1v) is 8.18. The summed E-state index contributed by atoms with van der Waals surface area (Å²) in [7, 11) is 0. The van der Waals surface area contributed by atoms with Crippen molar-refractivity contribution in [3.8, 4) is 11.5 Å². The van der Waals surface area contributed by atoms with Gasteiger partial charge in [-0.2, -0.15) is 0 Å². The predicted octanol–water partition coefficient (Wildman–Crippen LogP) is 2.99. The molecule has 0 spiro atoms. The minimum absolute atomic E-state index is 0.0948. The fourth-order valence-electron chi connectivity index (χ4n) is 2.45. The van der Waals surface area contributed by atoms with Gasteiger partial charge in [0, 0.05) is 5.69 Å². The van der Waals surface area contributed by atoms with Crippen LogP contribution in [0.5, 0.6) is 11.5 Å². The number of benzene rings is 2. The third-order valence-corrected chi connectivity index (χ3v) is 3.90. The molecular formula is C19H20N2O4. The third-order valence-electron chi connectivity index (χ3n) is 3.90. The molecule has 0 aliphatic carbocycles. The Morgan fingerprint density at radius 1 is 1.24 bits per heavy atom. The van der Waals surface area contributed by atoms with Crippen molar-refractivity contribution in [2.75, 3.05) is 17.2 Å². The van der Waals surface area contributed by atoms with Crippen LogP contribution in [0.25, 0.3) is 0 Å². The molecule has 1 unspecified atom stereocenters. The average molecular weight is 340 g/mol. The minimum atomic E-state index is -0.527. The summed E-state index contributed by atoms with van der Waals surface area (Å²) in [6.45, 7) is 3.66. The maximum Gasteiger partial charge on any atom is 0.265 e. The van der Waals surface area contributed by atoms with Crippen LogP contribution in [0.3, 0.4) is 0 Å². The summed E-state index contributed by atoms with van der Waals surface area (Å²) in [5, 5.41) is 5.49. The molecule has 0 bridgehead atoms. The lowest BCUT2D eigenvalue weighted by Crippen LogP contribution is -2.34. The van der Waals surface area contributed by atoms with Gasteiger partial charge in [0.1, 0.15) is 11.5 Å². The molecule has 0 saturated heterocycles. The number of fused-ring (bicyclic) bond motifs is 1. The first kappa shape index (κ1) is 16.8. The van der Waals surface area contributed by atoms with Crippen LogP contribution in [-0.2, 0) is 16.0 Å². The second-order valence-electron chi connectivity index (χ2n) is 5.79. The van der Waals surface area contributed by atoms with Gasteiger partial charge in [-0.15, -0.1) is 0 Å². The van der Waals surface area contributed by atoms with Crippen molar-refractivity contribution in [3.05, 3.63) is 48.0 Å². The Kier molecular flexibility index (Phi) is 4.88. The third kappa shape index (κ3) is 4.09. The molecule has 25 heavy (non-hydrogen) atoms. The lowest BCUT2D eigenvalue weighted by atomic mass is 10.2. The van der Waals surface area contributed by atoms with Crippen molar-refractivity contribution in [2.24, 2.45) is 0 Å². The molecule has 0 fully saturated rings. The van der Waals surface area contributed by atoms with Crippen LogP contribution in [-0.4, -0.2) is 24.5 Å². The molecule has 2 amide bonds. The summed E-state index contributed by atoms with van der Waals surface area (Å²) in [5.41, 5.74) is 2.31. The van der Waals surface area contributed by atoms with E-state index in [1.807, 2.05) is 24.3 Å². The van der Waals surface area contributed by atoms with E-state index in [1.54, 1.807) is 25.1 Å². The zero-order valence-corrected chi connectivity index (χ0v) is 14.2. The van der Waals surface area contributed by atoms with Crippen molar-refractivity contribution in [2.45, 2.75) is 26.4 Å². The van der Waals surface area contributed by atoms with E-state index in [0.717, 1.165) is 6.42 Å². The van der Waals surface area contributed by atoms with Crippen LogP contribution < -0.4 is 20.1 Å². The number of carbonyl (C=O) groups is 2. The van der Waals surface area contributed by atoms with Crippen molar-refractivity contribution < 1.29 is 19.1 Å². The second kappa shape index (κ2) is 7.25. The van der Waals surface area contributed by atoms with E-state index in [-0.39, 0.29) is 18.4 Å². The fraction of sp³-hybridized carbons (Fsp3) is 0.263. The number of amides is 2. The predicted molar refractivity (Wildman–Crippen MR) is 95.1 cm³/mol. The van der Waals surface area contributed by atoms with Gasteiger partial charge in [-0.1, -0.05) is 19.1 Å². The van der Waals surface area contributed by atoms with Crippen molar-refractivity contribution >= 4 is 23.2 Å². The number of aryl methyl sites for hydroxylation is 1. The SMILES string of the molecule is CCc1ccc(OCC(=O)Nc2ccc3c(c2)NC(=O)C(C)O3)cc1. The quantitative estimate of drug-likeness (QED) is 0.877. The Morgan fingerprint density at radius 3 is 2.72 bits per heavy atom. The average Bonchev–Trinajstić information content (AvgIpc) is 2.61. The highest BCUT2D eigenvalue weighted by Crippen LogP contribution is 2.32. The molecule has 6 heteroatoms. The molecule has 1 heterocycles. The van der Waals surface area contributed by atoms with Gasteiger partial charge < -0.3 is 20.1 Å². The number of hydrogen-bond acceptors (Lipinski definition) is 4. The Labute approximate surface area is 146 Å². The topological polar surface area (TPSA) is 76.7 Å². The van der Waals surface area contributed by atoms with E-state index in [0.29, 0.717) is 22.9 Å². The standard InChI is InChI=1S/C19H20N2O4/c1-3-13-4-7-15(8-5-13)24-11-18(22)20-14-6-9-17-16(10-14)21-19(23)12(2)25-17/h4-10,12H,3,11H2,1-2H3,(H,20,22)(H,21,23). The Balaban J connectivity index is 1.57. The van der Waals surface area contributed by atoms with Gasteiger partial charge in [-0.05, 0) is 49.2 Å². The van der Waals surface area contributed by atoms with Crippen LogP contribution in [0, 0.1) is 0 Å². The van der Waals surface area contributed by atoms with E-state index >= 15 is 0 Å². The van der Waals surface area contributed by atoms with Gasteiger partial charge in [-0.25, -0.2) is 0 Å². The van der Waals surface area contributed by atoms with E-state index < -0.39 is 6.10 Å².